The summed E-state index contributed by atoms with van der Waals surface area (Å²) in [6, 6.07) is 0. The fourth-order valence-electron chi connectivity index (χ4n) is 0.717. The van der Waals surface area contributed by atoms with Crippen molar-refractivity contribution in [2.24, 2.45) is 0 Å². The molecule has 6 heteroatoms. The first-order valence-electron chi connectivity index (χ1n) is 2.42. The molecule has 5 nitrogen and oxygen atoms in total. The van der Waals surface area contributed by atoms with Gasteiger partial charge in [0, 0.05) is 0 Å². The van der Waals surface area contributed by atoms with Crippen molar-refractivity contribution in [3.8, 4) is 0 Å². The summed E-state index contributed by atoms with van der Waals surface area (Å²) in [7, 11) is -3.67. The van der Waals surface area contributed by atoms with Gasteiger partial charge in [0.25, 0.3) is 0 Å². The number of hydrogen-bond donors (Lipinski definition) is 0. The second-order valence-corrected chi connectivity index (χ2v) is 3.01. The molecule has 0 N–H and O–H groups in total. The van der Waals surface area contributed by atoms with Gasteiger partial charge in [-0.05, 0) is 0 Å². The molecule has 0 aromatic rings. The molecular weight excluding hydrogens is 148 g/mol. The Morgan fingerprint density at radius 2 is 1.89 bits per heavy atom. The van der Waals surface area contributed by atoms with Crippen molar-refractivity contribution in [2.75, 3.05) is 6.61 Å². The van der Waals surface area contributed by atoms with E-state index in [0.29, 0.717) is 13.0 Å². The molecule has 2 aliphatic rings. The van der Waals surface area contributed by atoms with Gasteiger partial charge in [-0.2, -0.15) is 16.8 Å². The molecule has 52 valence electrons. The maximum atomic E-state index is 10.2. The van der Waals surface area contributed by atoms with Crippen molar-refractivity contribution in [3.63, 3.8) is 0 Å². The van der Waals surface area contributed by atoms with Crippen LogP contribution in [0.2, 0.25) is 0 Å². The Bertz CT molecular complexity index is 211. The highest BCUT2D eigenvalue weighted by Gasteiger charge is 2.58. The van der Waals surface area contributed by atoms with Crippen LogP contribution >= 0.6 is 0 Å². The Morgan fingerprint density at radius 1 is 1.33 bits per heavy atom. The van der Waals surface area contributed by atoms with Crippen LogP contribution < -0.4 is 0 Å². The molecule has 0 aliphatic carbocycles. The zero-order valence-electron chi connectivity index (χ0n) is 4.36. The van der Waals surface area contributed by atoms with Gasteiger partial charge < -0.3 is 4.74 Å². The van der Waals surface area contributed by atoms with E-state index in [9.17, 15) is 8.42 Å². The standard InChI is InChI=1S/C3H4O5S/c4-9(5)7-3(8-9)1-2-6-3/h1-2H2. The molecule has 1 spiro atoms. The molecule has 0 unspecified atom stereocenters. The topological polar surface area (TPSA) is 61.8 Å². The van der Waals surface area contributed by atoms with Crippen LogP contribution in [0, 0.1) is 0 Å². The van der Waals surface area contributed by atoms with Crippen LogP contribution in [-0.2, 0) is 23.5 Å². The first kappa shape index (κ1) is 5.60. The molecule has 0 aromatic carbocycles. The van der Waals surface area contributed by atoms with E-state index in [0.717, 1.165) is 0 Å². The van der Waals surface area contributed by atoms with Gasteiger partial charge in [0.05, 0.1) is 13.0 Å². The minimum atomic E-state index is -3.67. The van der Waals surface area contributed by atoms with Crippen molar-refractivity contribution >= 4 is 10.4 Å². The Morgan fingerprint density at radius 3 is 2.00 bits per heavy atom. The average Bonchev–Trinajstić information content (AvgIpc) is 1.54. The van der Waals surface area contributed by atoms with Crippen LogP contribution in [0.5, 0.6) is 0 Å². The summed E-state index contributed by atoms with van der Waals surface area (Å²) in [5.41, 5.74) is 0. The summed E-state index contributed by atoms with van der Waals surface area (Å²) < 4.78 is 33.6. The van der Waals surface area contributed by atoms with E-state index in [2.05, 4.69) is 13.1 Å². The summed E-state index contributed by atoms with van der Waals surface area (Å²) in [4.78, 5) is 0. The highest BCUT2D eigenvalue weighted by atomic mass is 32.3. The van der Waals surface area contributed by atoms with Gasteiger partial charge in [-0.25, -0.2) is 0 Å². The van der Waals surface area contributed by atoms with Gasteiger partial charge in [-0.1, -0.05) is 0 Å². The van der Waals surface area contributed by atoms with Crippen molar-refractivity contribution in [3.05, 3.63) is 0 Å². The number of ether oxygens (including phenoxy) is 1. The summed E-state index contributed by atoms with van der Waals surface area (Å²) in [5, 5.41) is 0. The SMILES string of the molecule is O=S1(=O)OC2(CCO2)O1. The van der Waals surface area contributed by atoms with Crippen LogP contribution in [0.3, 0.4) is 0 Å². The maximum Gasteiger partial charge on any atom is 0.409 e. The zero-order chi connectivity index (χ0) is 6.54. The van der Waals surface area contributed by atoms with E-state index in [1.165, 1.54) is 0 Å². The minimum Gasteiger partial charge on any atom is -0.325 e. The van der Waals surface area contributed by atoms with E-state index >= 15 is 0 Å². The second-order valence-electron chi connectivity index (χ2n) is 1.86. The fourth-order valence-corrected chi connectivity index (χ4v) is 1.61. The molecule has 2 aliphatic heterocycles. The normalized spacial score (nSPS) is 35.1. The Labute approximate surface area is 51.8 Å². The molecule has 2 heterocycles. The van der Waals surface area contributed by atoms with E-state index < -0.39 is 16.4 Å². The molecule has 0 saturated carbocycles. The van der Waals surface area contributed by atoms with E-state index in [4.69, 9.17) is 0 Å². The Hall–Kier alpha value is -0.170. The molecule has 2 rings (SSSR count). The first-order valence-corrected chi connectivity index (χ1v) is 3.75. The molecule has 0 amide bonds. The van der Waals surface area contributed by atoms with Gasteiger partial charge in [-0.15, -0.1) is 0 Å². The molecule has 0 atom stereocenters. The van der Waals surface area contributed by atoms with Gasteiger partial charge in [-0.3, -0.25) is 0 Å². The lowest BCUT2D eigenvalue weighted by atomic mass is 10.3. The maximum absolute atomic E-state index is 10.2. The highest BCUT2D eigenvalue weighted by molar-refractivity contribution is 7.82. The summed E-state index contributed by atoms with van der Waals surface area (Å²) >= 11 is 0. The summed E-state index contributed by atoms with van der Waals surface area (Å²) in [5.74, 6) is -1.21. The molecule has 0 bridgehead atoms. The van der Waals surface area contributed by atoms with Crippen molar-refractivity contribution in [2.45, 2.75) is 12.4 Å². The zero-order valence-corrected chi connectivity index (χ0v) is 5.18. The van der Waals surface area contributed by atoms with Gasteiger partial charge >= 0.3 is 16.4 Å². The van der Waals surface area contributed by atoms with Crippen LogP contribution in [0.4, 0.5) is 0 Å². The van der Waals surface area contributed by atoms with Crippen LogP contribution in [0.15, 0.2) is 0 Å². The first-order chi connectivity index (χ1) is 4.12. The minimum absolute atomic E-state index is 0.492. The van der Waals surface area contributed by atoms with E-state index in [1.807, 2.05) is 0 Å². The number of hydrogen-bond acceptors (Lipinski definition) is 5. The molecule has 0 aromatic heterocycles. The third-order valence-electron chi connectivity index (χ3n) is 1.19. The predicted molar refractivity (Wildman–Crippen MR) is 24.4 cm³/mol. The Kier molecular flexibility index (Phi) is 0.803. The lowest BCUT2D eigenvalue weighted by Crippen LogP contribution is -2.59. The summed E-state index contributed by atoms with van der Waals surface area (Å²) in [6.45, 7) is 0.496. The van der Waals surface area contributed by atoms with E-state index in [-0.39, 0.29) is 0 Å². The van der Waals surface area contributed by atoms with Crippen LogP contribution in [0.1, 0.15) is 6.42 Å². The largest absolute Gasteiger partial charge is 0.409 e. The second kappa shape index (κ2) is 1.29. The lowest BCUT2D eigenvalue weighted by Gasteiger charge is -2.43. The van der Waals surface area contributed by atoms with Gasteiger partial charge in [0.2, 0.25) is 0 Å². The van der Waals surface area contributed by atoms with Crippen molar-refractivity contribution < 1.29 is 21.5 Å². The van der Waals surface area contributed by atoms with Crippen molar-refractivity contribution in [1.29, 1.82) is 0 Å². The third kappa shape index (κ3) is 0.677. The van der Waals surface area contributed by atoms with Crippen molar-refractivity contribution in [1.82, 2.24) is 0 Å². The smallest absolute Gasteiger partial charge is 0.325 e. The number of rotatable bonds is 0. The van der Waals surface area contributed by atoms with Gasteiger partial charge in [0.15, 0.2) is 0 Å². The fraction of sp³-hybridized carbons (Fsp3) is 1.00. The highest BCUT2D eigenvalue weighted by Crippen LogP contribution is 2.40. The Balaban J connectivity index is 2.12. The van der Waals surface area contributed by atoms with E-state index in [1.54, 1.807) is 0 Å². The average molecular weight is 152 g/mol. The van der Waals surface area contributed by atoms with Crippen LogP contribution in [0.25, 0.3) is 0 Å². The predicted octanol–water partition coefficient (Wildman–Crippen LogP) is -0.648. The third-order valence-corrected chi connectivity index (χ3v) is 2.10. The lowest BCUT2D eigenvalue weighted by molar-refractivity contribution is -0.409. The molecular formula is C3H4O5S. The monoisotopic (exact) mass is 152 g/mol. The van der Waals surface area contributed by atoms with Crippen LogP contribution in [-0.4, -0.2) is 21.0 Å². The quantitative estimate of drug-likeness (QED) is 0.461. The molecule has 2 fully saturated rings. The molecule has 2 saturated heterocycles. The molecule has 0 radical (unpaired) electrons. The van der Waals surface area contributed by atoms with Gasteiger partial charge in [0.1, 0.15) is 0 Å². The summed E-state index contributed by atoms with van der Waals surface area (Å²) in [6.07, 6.45) is 0.492. The molecule has 9 heavy (non-hydrogen) atoms.